The number of hydrogen-bond acceptors (Lipinski definition) is 2. The third kappa shape index (κ3) is 8.16. The van der Waals surface area contributed by atoms with Crippen molar-refractivity contribution >= 4 is 12.0 Å². The summed E-state index contributed by atoms with van der Waals surface area (Å²) < 4.78 is 0. The molecule has 1 saturated heterocycles. The van der Waals surface area contributed by atoms with Crippen LogP contribution in [-0.2, 0) is 24.1 Å². The van der Waals surface area contributed by atoms with Gasteiger partial charge in [0.1, 0.15) is 0 Å². The van der Waals surface area contributed by atoms with E-state index in [4.69, 9.17) is 0 Å². The highest BCUT2D eigenvalue weighted by molar-refractivity contribution is 5.76. The molecule has 0 aliphatic carbocycles. The SMILES string of the molecule is C=C=C/C=C/c1cc(CC)c(CCCN2CCN(C(=O)CC(C)(C)C)CC2)c(CC)c1. The molecule has 2 rings (SSSR count). The van der Waals surface area contributed by atoms with Crippen molar-refractivity contribution in [3.63, 3.8) is 0 Å². The second-order valence-corrected chi connectivity index (χ2v) is 9.82. The van der Waals surface area contributed by atoms with Crippen molar-refractivity contribution in [2.24, 2.45) is 5.41 Å². The van der Waals surface area contributed by atoms with E-state index >= 15 is 0 Å². The van der Waals surface area contributed by atoms with Crippen molar-refractivity contribution in [2.45, 2.75) is 66.7 Å². The van der Waals surface area contributed by atoms with Gasteiger partial charge < -0.3 is 4.90 Å². The topological polar surface area (TPSA) is 23.6 Å². The number of nitrogens with zero attached hydrogens (tertiary/aromatic N) is 2. The first kappa shape index (κ1) is 25.2. The third-order valence-corrected chi connectivity index (χ3v) is 6.03. The van der Waals surface area contributed by atoms with Gasteiger partial charge in [0, 0.05) is 32.6 Å². The van der Waals surface area contributed by atoms with Gasteiger partial charge in [0.25, 0.3) is 0 Å². The predicted octanol–water partition coefficient (Wildman–Crippen LogP) is 5.68. The monoisotopic (exact) mass is 422 g/mol. The molecule has 1 aromatic rings. The highest BCUT2D eigenvalue weighted by Crippen LogP contribution is 2.23. The zero-order valence-electron chi connectivity index (χ0n) is 20.5. The molecular weight excluding hydrogens is 380 g/mol. The van der Waals surface area contributed by atoms with Crippen LogP contribution >= 0.6 is 0 Å². The van der Waals surface area contributed by atoms with E-state index in [1.165, 1.54) is 23.1 Å². The summed E-state index contributed by atoms with van der Waals surface area (Å²) >= 11 is 0. The Morgan fingerprint density at radius 2 is 1.71 bits per heavy atom. The van der Waals surface area contributed by atoms with Crippen LogP contribution in [0.5, 0.6) is 0 Å². The van der Waals surface area contributed by atoms with Crippen LogP contribution in [0.25, 0.3) is 6.08 Å². The zero-order valence-corrected chi connectivity index (χ0v) is 20.5. The minimum Gasteiger partial charge on any atom is -0.340 e. The van der Waals surface area contributed by atoms with E-state index in [1.807, 2.05) is 12.2 Å². The molecule has 3 heteroatoms. The fourth-order valence-corrected chi connectivity index (χ4v) is 4.37. The summed E-state index contributed by atoms with van der Waals surface area (Å²) in [6, 6.07) is 4.67. The Morgan fingerprint density at radius 3 is 2.23 bits per heavy atom. The van der Waals surface area contributed by atoms with Crippen LogP contribution in [-0.4, -0.2) is 48.4 Å². The average molecular weight is 423 g/mol. The molecule has 0 bridgehead atoms. The molecule has 3 nitrogen and oxygen atoms in total. The Kier molecular flexibility index (Phi) is 9.81. The quantitative estimate of drug-likeness (QED) is 0.378. The van der Waals surface area contributed by atoms with Crippen LogP contribution in [0.15, 0.2) is 36.6 Å². The van der Waals surface area contributed by atoms with Crippen molar-refractivity contribution in [3.8, 4) is 0 Å². The largest absolute Gasteiger partial charge is 0.340 e. The minimum atomic E-state index is 0.0654. The van der Waals surface area contributed by atoms with Gasteiger partial charge in [0.15, 0.2) is 0 Å². The van der Waals surface area contributed by atoms with Gasteiger partial charge in [0.2, 0.25) is 5.91 Å². The van der Waals surface area contributed by atoms with Gasteiger partial charge in [0.05, 0.1) is 0 Å². The molecular formula is C28H42N2O. The molecule has 0 spiro atoms. The highest BCUT2D eigenvalue weighted by atomic mass is 16.2. The molecule has 0 saturated carbocycles. The molecule has 170 valence electrons. The highest BCUT2D eigenvalue weighted by Gasteiger charge is 2.24. The van der Waals surface area contributed by atoms with Crippen LogP contribution in [0.2, 0.25) is 0 Å². The second-order valence-electron chi connectivity index (χ2n) is 9.82. The number of benzene rings is 1. The number of amides is 1. The van der Waals surface area contributed by atoms with E-state index in [2.05, 4.69) is 74.9 Å². The average Bonchev–Trinajstić information content (AvgIpc) is 2.73. The number of allylic oxidation sites excluding steroid dienone is 2. The van der Waals surface area contributed by atoms with E-state index in [-0.39, 0.29) is 5.41 Å². The summed E-state index contributed by atoms with van der Waals surface area (Å²) in [6.07, 6.45) is 11.1. The first-order valence-corrected chi connectivity index (χ1v) is 11.9. The summed E-state index contributed by atoms with van der Waals surface area (Å²) in [5.41, 5.74) is 8.61. The lowest BCUT2D eigenvalue weighted by Gasteiger charge is -2.36. The van der Waals surface area contributed by atoms with Crippen molar-refractivity contribution < 1.29 is 4.79 Å². The van der Waals surface area contributed by atoms with E-state index in [1.54, 1.807) is 5.56 Å². The summed E-state index contributed by atoms with van der Waals surface area (Å²) in [7, 11) is 0. The van der Waals surface area contributed by atoms with Crippen molar-refractivity contribution in [2.75, 3.05) is 32.7 Å². The molecule has 1 fully saturated rings. The second kappa shape index (κ2) is 12.1. The smallest absolute Gasteiger partial charge is 0.223 e. The first-order chi connectivity index (χ1) is 14.8. The fourth-order valence-electron chi connectivity index (χ4n) is 4.37. The molecule has 0 radical (unpaired) electrons. The summed E-state index contributed by atoms with van der Waals surface area (Å²) in [6.45, 7) is 19.4. The van der Waals surface area contributed by atoms with E-state index in [0.717, 1.165) is 52.0 Å². The number of aryl methyl sites for hydroxylation is 2. The molecule has 1 aliphatic heterocycles. The van der Waals surface area contributed by atoms with Gasteiger partial charge in [-0.25, -0.2) is 0 Å². The number of carbonyl (C=O) groups is 1. The van der Waals surface area contributed by atoms with Gasteiger partial charge in [-0.05, 0) is 66.0 Å². The molecule has 1 heterocycles. The Labute approximate surface area is 190 Å². The lowest BCUT2D eigenvalue weighted by atomic mass is 9.91. The molecule has 1 amide bonds. The maximum Gasteiger partial charge on any atom is 0.223 e. The van der Waals surface area contributed by atoms with Crippen LogP contribution in [0.3, 0.4) is 0 Å². The minimum absolute atomic E-state index is 0.0654. The van der Waals surface area contributed by atoms with Gasteiger partial charge in [-0.1, -0.05) is 65.5 Å². The molecule has 0 N–H and O–H groups in total. The Balaban J connectivity index is 1.91. The maximum atomic E-state index is 12.5. The van der Waals surface area contributed by atoms with E-state index in [9.17, 15) is 4.79 Å². The van der Waals surface area contributed by atoms with Gasteiger partial charge in [-0.15, -0.1) is 5.73 Å². The molecule has 1 aromatic carbocycles. The predicted molar refractivity (Wildman–Crippen MR) is 133 cm³/mol. The number of piperazine rings is 1. The van der Waals surface area contributed by atoms with Crippen LogP contribution in [0, 0.1) is 5.41 Å². The normalized spacial score (nSPS) is 15.3. The van der Waals surface area contributed by atoms with Crippen LogP contribution in [0.4, 0.5) is 0 Å². The van der Waals surface area contributed by atoms with Crippen LogP contribution in [0.1, 0.15) is 69.7 Å². The molecule has 0 aromatic heterocycles. The summed E-state index contributed by atoms with van der Waals surface area (Å²) in [4.78, 5) is 17.0. The van der Waals surface area contributed by atoms with Gasteiger partial charge >= 0.3 is 0 Å². The van der Waals surface area contributed by atoms with Crippen molar-refractivity contribution in [3.05, 3.63) is 58.8 Å². The van der Waals surface area contributed by atoms with Crippen molar-refractivity contribution in [1.29, 1.82) is 0 Å². The third-order valence-electron chi connectivity index (χ3n) is 6.03. The lowest BCUT2D eigenvalue weighted by molar-refractivity contribution is -0.134. The van der Waals surface area contributed by atoms with Gasteiger partial charge in [-0.2, -0.15) is 0 Å². The molecule has 1 aliphatic rings. The standard InChI is InChI=1S/C28H42N2O/c1-7-10-11-13-23-20-24(8-2)26(25(9-3)21-23)14-12-15-29-16-18-30(19-17-29)27(31)22-28(4,5)6/h10-11,13,20-21H,1,8-9,12,14-19,22H2,2-6H3/b13-11+. The van der Waals surface area contributed by atoms with E-state index in [0.29, 0.717) is 12.3 Å². The van der Waals surface area contributed by atoms with Crippen molar-refractivity contribution in [1.82, 2.24) is 9.80 Å². The van der Waals surface area contributed by atoms with Gasteiger partial charge in [-0.3, -0.25) is 9.69 Å². The Morgan fingerprint density at radius 1 is 1.10 bits per heavy atom. The maximum absolute atomic E-state index is 12.5. The number of rotatable bonds is 9. The first-order valence-electron chi connectivity index (χ1n) is 11.9. The molecule has 0 atom stereocenters. The van der Waals surface area contributed by atoms with Crippen LogP contribution < -0.4 is 0 Å². The Bertz CT molecular complexity index is 776. The Hall–Kier alpha value is -2.09. The summed E-state index contributed by atoms with van der Waals surface area (Å²) in [5.74, 6) is 0.310. The lowest BCUT2D eigenvalue weighted by Crippen LogP contribution is -2.49. The molecule has 31 heavy (non-hydrogen) atoms. The fraction of sp³-hybridized carbons (Fsp3) is 0.571. The zero-order chi connectivity index (χ0) is 22.9. The molecule has 0 unspecified atom stereocenters. The van der Waals surface area contributed by atoms with E-state index < -0.39 is 0 Å². The summed E-state index contributed by atoms with van der Waals surface area (Å²) in [5, 5.41) is 0. The number of hydrogen-bond donors (Lipinski definition) is 0. The number of carbonyl (C=O) groups excluding carboxylic acids is 1.